The average Bonchev–Trinajstić information content (AvgIpc) is 2.72. The second kappa shape index (κ2) is 3.15. The Morgan fingerprint density at radius 1 is 1.33 bits per heavy atom. The van der Waals surface area contributed by atoms with E-state index in [1.54, 1.807) is 0 Å². The number of rotatable bonds is 1. The molecule has 2 aromatic rings. The predicted molar refractivity (Wildman–Crippen MR) is 56.5 cm³/mol. The largest absolute Gasteiger partial charge is 0.486 e. The van der Waals surface area contributed by atoms with E-state index in [1.165, 1.54) is 0 Å². The van der Waals surface area contributed by atoms with Crippen LogP contribution in [0.1, 0.15) is 12.7 Å². The van der Waals surface area contributed by atoms with Crippen LogP contribution < -0.4 is 9.47 Å². The fourth-order valence-corrected chi connectivity index (χ4v) is 1.80. The van der Waals surface area contributed by atoms with Crippen molar-refractivity contribution in [2.75, 3.05) is 13.2 Å². The van der Waals surface area contributed by atoms with E-state index in [-0.39, 0.29) is 0 Å². The molecule has 1 aliphatic rings. The summed E-state index contributed by atoms with van der Waals surface area (Å²) in [5.41, 5.74) is 1.89. The van der Waals surface area contributed by atoms with Crippen LogP contribution >= 0.6 is 0 Å². The standard InChI is InChI=1S/C11H12N2O2/c1-2-9-12-7-3-4-8-11(10(7)13-9)15-6-5-14-8/h3-4H,2,5-6H2,1H3,(H,12,13). The highest BCUT2D eigenvalue weighted by molar-refractivity contribution is 5.85. The molecule has 1 N–H and O–H groups in total. The third-order valence-electron chi connectivity index (χ3n) is 2.54. The predicted octanol–water partition coefficient (Wildman–Crippen LogP) is 1.90. The first-order valence-electron chi connectivity index (χ1n) is 5.15. The highest BCUT2D eigenvalue weighted by Crippen LogP contribution is 2.36. The second-order valence-electron chi connectivity index (χ2n) is 3.52. The van der Waals surface area contributed by atoms with Crippen LogP contribution in [-0.4, -0.2) is 23.2 Å². The van der Waals surface area contributed by atoms with Gasteiger partial charge in [-0.2, -0.15) is 0 Å². The van der Waals surface area contributed by atoms with Crippen molar-refractivity contribution in [3.63, 3.8) is 0 Å². The van der Waals surface area contributed by atoms with Gasteiger partial charge in [-0.3, -0.25) is 0 Å². The quantitative estimate of drug-likeness (QED) is 0.771. The lowest BCUT2D eigenvalue weighted by Crippen LogP contribution is -2.15. The monoisotopic (exact) mass is 204 g/mol. The fourth-order valence-electron chi connectivity index (χ4n) is 1.80. The van der Waals surface area contributed by atoms with E-state index in [2.05, 4.69) is 16.9 Å². The Morgan fingerprint density at radius 2 is 2.20 bits per heavy atom. The Kier molecular flexibility index (Phi) is 1.80. The fraction of sp³-hybridized carbons (Fsp3) is 0.364. The van der Waals surface area contributed by atoms with E-state index < -0.39 is 0 Å². The molecule has 0 fully saturated rings. The Labute approximate surface area is 87.2 Å². The van der Waals surface area contributed by atoms with Gasteiger partial charge in [-0.25, -0.2) is 4.98 Å². The first-order chi connectivity index (χ1) is 7.38. The van der Waals surface area contributed by atoms with E-state index >= 15 is 0 Å². The van der Waals surface area contributed by atoms with Crippen molar-refractivity contribution in [3.05, 3.63) is 18.0 Å². The Hall–Kier alpha value is -1.71. The Morgan fingerprint density at radius 3 is 3.07 bits per heavy atom. The number of H-pyrrole nitrogens is 1. The zero-order valence-electron chi connectivity index (χ0n) is 8.54. The van der Waals surface area contributed by atoms with Gasteiger partial charge >= 0.3 is 0 Å². The number of aromatic amines is 1. The minimum atomic E-state index is 0.598. The minimum absolute atomic E-state index is 0.598. The van der Waals surface area contributed by atoms with Crippen LogP contribution in [0.5, 0.6) is 11.5 Å². The van der Waals surface area contributed by atoms with Crippen molar-refractivity contribution in [2.24, 2.45) is 0 Å². The van der Waals surface area contributed by atoms with Crippen LogP contribution in [0.25, 0.3) is 11.0 Å². The Balaban J connectivity index is 2.25. The van der Waals surface area contributed by atoms with Gasteiger partial charge in [0, 0.05) is 6.42 Å². The molecule has 0 bridgehead atoms. The van der Waals surface area contributed by atoms with Crippen molar-refractivity contribution in [3.8, 4) is 11.5 Å². The van der Waals surface area contributed by atoms with Gasteiger partial charge in [-0.1, -0.05) is 6.92 Å². The van der Waals surface area contributed by atoms with Crippen LogP contribution in [0, 0.1) is 0 Å². The number of aromatic nitrogens is 2. The van der Waals surface area contributed by atoms with E-state index in [4.69, 9.17) is 9.47 Å². The zero-order valence-corrected chi connectivity index (χ0v) is 8.54. The maximum atomic E-state index is 5.59. The van der Waals surface area contributed by atoms with E-state index in [1.807, 2.05) is 12.1 Å². The summed E-state index contributed by atoms with van der Waals surface area (Å²) >= 11 is 0. The lowest BCUT2D eigenvalue weighted by molar-refractivity contribution is 0.173. The number of imidazole rings is 1. The molecular formula is C11H12N2O2. The number of hydrogen-bond acceptors (Lipinski definition) is 3. The molecule has 0 amide bonds. The van der Waals surface area contributed by atoms with Crippen LogP contribution in [0.2, 0.25) is 0 Å². The smallest absolute Gasteiger partial charge is 0.189 e. The maximum Gasteiger partial charge on any atom is 0.189 e. The maximum absolute atomic E-state index is 5.59. The summed E-state index contributed by atoms with van der Waals surface area (Å²) in [7, 11) is 0. The van der Waals surface area contributed by atoms with Crippen molar-refractivity contribution >= 4 is 11.0 Å². The van der Waals surface area contributed by atoms with Crippen molar-refractivity contribution < 1.29 is 9.47 Å². The van der Waals surface area contributed by atoms with Crippen molar-refractivity contribution in [1.82, 2.24) is 9.97 Å². The molecule has 0 unspecified atom stereocenters. The van der Waals surface area contributed by atoms with Gasteiger partial charge in [-0.05, 0) is 12.1 Å². The molecule has 0 saturated carbocycles. The topological polar surface area (TPSA) is 47.1 Å². The second-order valence-corrected chi connectivity index (χ2v) is 3.52. The lowest BCUT2D eigenvalue weighted by atomic mass is 10.2. The molecule has 4 heteroatoms. The number of ether oxygens (including phenoxy) is 2. The first kappa shape index (κ1) is 8.59. The minimum Gasteiger partial charge on any atom is -0.486 e. The summed E-state index contributed by atoms with van der Waals surface area (Å²) < 4.78 is 11.1. The molecule has 0 atom stereocenters. The van der Waals surface area contributed by atoms with Crippen LogP contribution in [0.15, 0.2) is 12.1 Å². The summed E-state index contributed by atoms with van der Waals surface area (Å²) in [5.74, 6) is 2.55. The van der Waals surface area contributed by atoms with Gasteiger partial charge in [0.05, 0.1) is 5.52 Å². The van der Waals surface area contributed by atoms with Gasteiger partial charge in [0.1, 0.15) is 24.6 Å². The molecule has 2 heterocycles. The zero-order chi connectivity index (χ0) is 10.3. The van der Waals surface area contributed by atoms with E-state index in [9.17, 15) is 0 Å². The van der Waals surface area contributed by atoms with Gasteiger partial charge in [0.2, 0.25) is 0 Å². The molecule has 15 heavy (non-hydrogen) atoms. The van der Waals surface area contributed by atoms with Crippen LogP contribution in [0.3, 0.4) is 0 Å². The van der Waals surface area contributed by atoms with Crippen molar-refractivity contribution in [1.29, 1.82) is 0 Å². The summed E-state index contributed by atoms with van der Waals surface area (Å²) in [5, 5.41) is 0. The Bertz CT molecular complexity index is 505. The third kappa shape index (κ3) is 1.25. The molecule has 3 rings (SSSR count). The molecule has 0 spiro atoms. The summed E-state index contributed by atoms with van der Waals surface area (Å²) in [4.78, 5) is 7.73. The summed E-state index contributed by atoms with van der Waals surface area (Å²) in [6.45, 7) is 3.28. The van der Waals surface area contributed by atoms with Gasteiger partial charge in [-0.15, -0.1) is 0 Å². The molecule has 0 saturated heterocycles. The number of aryl methyl sites for hydroxylation is 1. The highest BCUT2D eigenvalue weighted by atomic mass is 16.6. The molecule has 4 nitrogen and oxygen atoms in total. The van der Waals surface area contributed by atoms with Gasteiger partial charge in [0.15, 0.2) is 11.5 Å². The molecule has 1 aromatic carbocycles. The summed E-state index contributed by atoms with van der Waals surface area (Å²) in [6, 6.07) is 3.91. The molecule has 1 aliphatic heterocycles. The van der Waals surface area contributed by atoms with Gasteiger partial charge < -0.3 is 14.5 Å². The van der Waals surface area contributed by atoms with E-state index in [0.29, 0.717) is 13.2 Å². The third-order valence-corrected chi connectivity index (χ3v) is 2.54. The number of nitrogens with one attached hydrogen (secondary N) is 1. The number of fused-ring (bicyclic) bond motifs is 3. The van der Waals surface area contributed by atoms with Gasteiger partial charge in [0.25, 0.3) is 0 Å². The first-order valence-corrected chi connectivity index (χ1v) is 5.15. The number of benzene rings is 1. The number of nitrogens with zero attached hydrogens (tertiary/aromatic N) is 1. The number of hydrogen-bond donors (Lipinski definition) is 1. The average molecular weight is 204 g/mol. The van der Waals surface area contributed by atoms with Crippen LogP contribution in [0.4, 0.5) is 0 Å². The highest BCUT2D eigenvalue weighted by Gasteiger charge is 2.17. The normalized spacial score (nSPS) is 14.5. The lowest BCUT2D eigenvalue weighted by Gasteiger charge is -2.17. The SMILES string of the molecule is CCc1nc2c3c(ccc2[nH]1)OCCO3. The van der Waals surface area contributed by atoms with Crippen molar-refractivity contribution in [2.45, 2.75) is 13.3 Å². The molecule has 0 radical (unpaired) electrons. The molecule has 1 aromatic heterocycles. The molecule has 78 valence electrons. The summed E-state index contributed by atoms with van der Waals surface area (Å²) in [6.07, 6.45) is 0.893. The molecular weight excluding hydrogens is 192 g/mol. The van der Waals surface area contributed by atoms with Crippen LogP contribution in [-0.2, 0) is 6.42 Å². The molecule has 0 aliphatic carbocycles. The van der Waals surface area contributed by atoms with E-state index in [0.717, 1.165) is 34.8 Å².